The molecule has 0 fully saturated rings. The molecule has 3 aromatic heterocycles. The van der Waals surface area contributed by atoms with Gasteiger partial charge in [-0.05, 0) is 29.6 Å². The number of thiophene rings is 2. The van der Waals surface area contributed by atoms with Crippen LogP contribution in [0.15, 0.2) is 64.1 Å². The largest absolute Gasteiger partial charge is 0.493 e. The molecule has 0 aliphatic carbocycles. The van der Waals surface area contributed by atoms with E-state index in [2.05, 4.69) is 15.2 Å². The lowest BCUT2D eigenvalue weighted by Crippen LogP contribution is -1.87. The summed E-state index contributed by atoms with van der Waals surface area (Å²) in [5.41, 5.74) is 1.02. The molecule has 2 N–H and O–H groups in total. The van der Waals surface area contributed by atoms with Gasteiger partial charge in [-0.3, -0.25) is 4.79 Å². The first kappa shape index (κ1) is 14.8. The second-order valence-electron chi connectivity index (χ2n) is 5.01. The van der Waals surface area contributed by atoms with Crippen molar-refractivity contribution in [3.63, 3.8) is 0 Å². The van der Waals surface area contributed by atoms with Crippen LogP contribution in [0.25, 0.3) is 20.7 Å². The average Bonchev–Trinajstić information content (AvgIpc) is 3.31. The number of para-hydroxylation sites is 1. The summed E-state index contributed by atoms with van der Waals surface area (Å²) in [5, 5.41) is 20.4. The molecule has 0 bridgehead atoms. The van der Waals surface area contributed by atoms with E-state index in [4.69, 9.17) is 0 Å². The number of fused-ring (bicyclic) bond motifs is 1. The zero-order valence-electron chi connectivity index (χ0n) is 12.3. The molecule has 24 heavy (non-hydrogen) atoms. The smallest absolute Gasteiger partial charge is 0.305 e. The predicted octanol–water partition coefficient (Wildman–Crippen LogP) is 5.59. The molecule has 118 valence electrons. The lowest BCUT2D eigenvalue weighted by Gasteiger charge is -1.91. The van der Waals surface area contributed by atoms with Gasteiger partial charge in [0.2, 0.25) is 5.88 Å². The van der Waals surface area contributed by atoms with Gasteiger partial charge in [0.25, 0.3) is 0 Å². The maximum absolute atomic E-state index is 12.2. The number of hydrogen-bond donors (Lipinski definition) is 2. The van der Waals surface area contributed by atoms with E-state index in [1.165, 1.54) is 11.3 Å². The van der Waals surface area contributed by atoms with E-state index < -0.39 is 5.91 Å². The van der Waals surface area contributed by atoms with Gasteiger partial charge in [-0.15, -0.1) is 32.9 Å². The molecule has 1 amide bonds. The standard InChI is InChI=1S/C17H11N3O2S2/c21-16(14-8-7-13(24-14)12-6-3-9-23-12)20-19-15-10-4-1-2-5-11(10)18-17(15)22/h1-9,18,22H. The zero-order valence-corrected chi connectivity index (χ0v) is 13.9. The Bertz CT molecular complexity index is 1050. The molecule has 0 saturated carbocycles. The lowest BCUT2D eigenvalue weighted by atomic mass is 10.2. The Morgan fingerprint density at radius 3 is 2.75 bits per heavy atom. The van der Waals surface area contributed by atoms with E-state index in [-0.39, 0.29) is 11.6 Å². The van der Waals surface area contributed by atoms with Gasteiger partial charge in [0.1, 0.15) is 0 Å². The number of azo groups is 1. The van der Waals surface area contributed by atoms with Crippen LogP contribution in [0.3, 0.4) is 0 Å². The summed E-state index contributed by atoms with van der Waals surface area (Å²) in [5.74, 6) is -0.523. The van der Waals surface area contributed by atoms with Crippen molar-refractivity contribution >= 4 is 45.2 Å². The second-order valence-corrected chi connectivity index (χ2v) is 7.05. The van der Waals surface area contributed by atoms with Gasteiger partial charge in [0, 0.05) is 15.1 Å². The van der Waals surface area contributed by atoms with Crippen LogP contribution in [-0.4, -0.2) is 16.0 Å². The highest BCUT2D eigenvalue weighted by atomic mass is 32.1. The molecule has 0 aliphatic heterocycles. The maximum Gasteiger partial charge on any atom is 0.305 e. The van der Waals surface area contributed by atoms with E-state index >= 15 is 0 Å². The Hall–Kier alpha value is -2.77. The Morgan fingerprint density at radius 1 is 1.04 bits per heavy atom. The molecule has 0 aliphatic rings. The molecule has 7 heteroatoms. The topological polar surface area (TPSA) is 77.8 Å². The third kappa shape index (κ3) is 2.64. The molecule has 0 atom stereocenters. The summed E-state index contributed by atoms with van der Waals surface area (Å²) < 4.78 is 0. The third-order valence-corrected chi connectivity index (χ3v) is 5.62. The van der Waals surface area contributed by atoms with Crippen molar-refractivity contribution in [2.24, 2.45) is 10.2 Å². The molecule has 0 radical (unpaired) electrons. The Morgan fingerprint density at radius 2 is 1.92 bits per heavy atom. The first-order valence-electron chi connectivity index (χ1n) is 7.12. The number of H-pyrrole nitrogens is 1. The number of carbonyl (C=O) groups is 1. The molecule has 4 rings (SSSR count). The Labute approximate surface area is 144 Å². The van der Waals surface area contributed by atoms with Gasteiger partial charge in [0.15, 0.2) is 5.69 Å². The highest BCUT2D eigenvalue weighted by Gasteiger charge is 2.13. The van der Waals surface area contributed by atoms with Crippen LogP contribution in [0.2, 0.25) is 0 Å². The van der Waals surface area contributed by atoms with Crippen LogP contribution < -0.4 is 0 Å². The van der Waals surface area contributed by atoms with E-state index in [1.807, 2.05) is 47.8 Å². The van der Waals surface area contributed by atoms with E-state index in [0.29, 0.717) is 4.88 Å². The quantitative estimate of drug-likeness (QED) is 0.471. The minimum Gasteiger partial charge on any atom is -0.493 e. The van der Waals surface area contributed by atoms with Gasteiger partial charge in [-0.25, -0.2) is 0 Å². The summed E-state index contributed by atoms with van der Waals surface area (Å²) in [4.78, 5) is 17.7. The number of aromatic nitrogens is 1. The summed E-state index contributed by atoms with van der Waals surface area (Å²) in [6.07, 6.45) is 0. The predicted molar refractivity (Wildman–Crippen MR) is 96.4 cm³/mol. The molecule has 5 nitrogen and oxygen atoms in total. The number of rotatable bonds is 3. The van der Waals surface area contributed by atoms with Crippen molar-refractivity contribution in [2.75, 3.05) is 0 Å². The SMILES string of the molecule is O=C(N=Nc1c(O)[nH]c2ccccc12)c1ccc(-c2cccs2)s1. The van der Waals surface area contributed by atoms with Crippen LogP contribution in [0.1, 0.15) is 9.67 Å². The lowest BCUT2D eigenvalue weighted by molar-refractivity contribution is 0.0999. The van der Waals surface area contributed by atoms with Crippen molar-refractivity contribution in [1.29, 1.82) is 0 Å². The van der Waals surface area contributed by atoms with Crippen molar-refractivity contribution < 1.29 is 9.90 Å². The fraction of sp³-hybridized carbons (Fsp3) is 0. The Kier molecular flexibility index (Phi) is 3.72. The van der Waals surface area contributed by atoms with E-state index in [9.17, 15) is 9.90 Å². The van der Waals surface area contributed by atoms with Gasteiger partial charge in [0.05, 0.1) is 10.4 Å². The molecule has 1 aromatic carbocycles. The molecule has 0 unspecified atom stereocenters. The minimum absolute atomic E-state index is 0.0989. The summed E-state index contributed by atoms with van der Waals surface area (Å²) in [6.45, 7) is 0. The summed E-state index contributed by atoms with van der Waals surface area (Å²) in [7, 11) is 0. The van der Waals surface area contributed by atoms with Crippen LogP contribution >= 0.6 is 22.7 Å². The first-order chi connectivity index (χ1) is 11.7. The number of nitrogens with one attached hydrogen (secondary N) is 1. The molecule has 4 aromatic rings. The normalized spacial score (nSPS) is 11.5. The average molecular weight is 353 g/mol. The van der Waals surface area contributed by atoms with Crippen LogP contribution in [0.5, 0.6) is 5.88 Å². The highest BCUT2D eigenvalue weighted by Crippen LogP contribution is 2.36. The van der Waals surface area contributed by atoms with Crippen molar-refractivity contribution in [1.82, 2.24) is 4.98 Å². The highest BCUT2D eigenvalue weighted by molar-refractivity contribution is 7.22. The minimum atomic E-state index is -0.424. The molecule has 3 heterocycles. The zero-order chi connectivity index (χ0) is 16.5. The molecular weight excluding hydrogens is 342 g/mol. The summed E-state index contributed by atoms with van der Waals surface area (Å²) in [6, 6.07) is 15.0. The monoisotopic (exact) mass is 353 g/mol. The number of aromatic hydroxyl groups is 1. The third-order valence-electron chi connectivity index (χ3n) is 3.48. The number of benzene rings is 1. The number of carbonyl (C=O) groups excluding carboxylic acids is 1. The van der Waals surface area contributed by atoms with Crippen molar-refractivity contribution in [2.45, 2.75) is 0 Å². The van der Waals surface area contributed by atoms with Crippen molar-refractivity contribution in [3.05, 3.63) is 58.8 Å². The number of amides is 1. The van der Waals surface area contributed by atoms with Gasteiger partial charge in [-0.2, -0.15) is 0 Å². The van der Waals surface area contributed by atoms with Crippen LogP contribution in [-0.2, 0) is 0 Å². The van der Waals surface area contributed by atoms with Gasteiger partial charge in [-0.1, -0.05) is 24.3 Å². The summed E-state index contributed by atoms with van der Waals surface area (Å²) >= 11 is 3.00. The fourth-order valence-corrected chi connectivity index (χ4v) is 4.08. The number of aromatic amines is 1. The van der Waals surface area contributed by atoms with E-state index in [1.54, 1.807) is 17.4 Å². The van der Waals surface area contributed by atoms with Crippen LogP contribution in [0.4, 0.5) is 5.69 Å². The maximum atomic E-state index is 12.2. The molecule has 0 spiro atoms. The fourth-order valence-electron chi connectivity index (χ4n) is 2.36. The van der Waals surface area contributed by atoms with Gasteiger partial charge >= 0.3 is 5.91 Å². The molecular formula is C17H11N3O2S2. The van der Waals surface area contributed by atoms with Crippen LogP contribution in [0, 0.1) is 0 Å². The van der Waals surface area contributed by atoms with Gasteiger partial charge < -0.3 is 10.1 Å². The van der Waals surface area contributed by atoms with E-state index in [0.717, 1.165) is 20.7 Å². The first-order valence-corrected chi connectivity index (χ1v) is 8.81. The second kappa shape index (κ2) is 6.03. The molecule has 0 saturated heterocycles. The number of hydrogen-bond acceptors (Lipinski definition) is 5. The number of nitrogens with zero attached hydrogens (tertiary/aromatic N) is 2. The Balaban J connectivity index is 1.61. The van der Waals surface area contributed by atoms with Crippen molar-refractivity contribution in [3.8, 4) is 15.6 Å².